The SMILES string of the molecule is O=[N+]([O-])c1ccc2nc(NCc3ncon3)oc2c1. The molecule has 0 aliphatic carbocycles. The molecule has 9 heteroatoms. The van der Waals surface area contributed by atoms with E-state index in [0.717, 1.165) is 0 Å². The van der Waals surface area contributed by atoms with Crippen LogP contribution in [0.2, 0.25) is 0 Å². The lowest BCUT2D eigenvalue weighted by atomic mass is 10.3. The zero-order valence-electron chi connectivity index (χ0n) is 9.44. The first kappa shape index (κ1) is 11.1. The zero-order chi connectivity index (χ0) is 13.2. The molecule has 1 aromatic carbocycles. The predicted octanol–water partition coefficient (Wildman–Crippen LogP) is 1.73. The van der Waals surface area contributed by atoms with Gasteiger partial charge < -0.3 is 14.3 Å². The van der Waals surface area contributed by atoms with Crippen molar-refractivity contribution in [3.05, 3.63) is 40.5 Å². The van der Waals surface area contributed by atoms with Crippen molar-refractivity contribution in [2.24, 2.45) is 0 Å². The van der Waals surface area contributed by atoms with Crippen LogP contribution in [0.3, 0.4) is 0 Å². The molecule has 0 aliphatic rings. The second-order valence-electron chi connectivity index (χ2n) is 3.63. The number of oxazole rings is 1. The summed E-state index contributed by atoms with van der Waals surface area (Å²) in [4.78, 5) is 18.1. The van der Waals surface area contributed by atoms with E-state index in [4.69, 9.17) is 4.42 Å². The molecule has 0 spiro atoms. The maximum Gasteiger partial charge on any atom is 0.296 e. The fourth-order valence-electron chi connectivity index (χ4n) is 1.53. The molecule has 0 amide bonds. The lowest BCUT2D eigenvalue weighted by Crippen LogP contribution is -2.00. The third-order valence-corrected chi connectivity index (χ3v) is 2.39. The maximum atomic E-state index is 10.6. The molecule has 1 N–H and O–H groups in total. The zero-order valence-corrected chi connectivity index (χ0v) is 9.44. The second-order valence-corrected chi connectivity index (χ2v) is 3.63. The summed E-state index contributed by atoms with van der Waals surface area (Å²) in [5, 5.41) is 17.1. The highest BCUT2D eigenvalue weighted by Gasteiger charge is 2.11. The number of hydrogen-bond acceptors (Lipinski definition) is 8. The van der Waals surface area contributed by atoms with Gasteiger partial charge in [0.1, 0.15) is 5.52 Å². The Hall–Kier alpha value is -2.97. The van der Waals surface area contributed by atoms with Gasteiger partial charge in [-0.1, -0.05) is 5.16 Å². The first-order valence-corrected chi connectivity index (χ1v) is 5.26. The molecule has 0 saturated carbocycles. The van der Waals surface area contributed by atoms with Crippen LogP contribution in [0.1, 0.15) is 5.82 Å². The maximum absolute atomic E-state index is 10.6. The van der Waals surface area contributed by atoms with Crippen molar-refractivity contribution in [2.75, 3.05) is 5.32 Å². The molecule has 19 heavy (non-hydrogen) atoms. The molecule has 2 heterocycles. The normalized spacial score (nSPS) is 10.7. The van der Waals surface area contributed by atoms with Crippen LogP contribution < -0.4 is 5.32 Å². The van der Waals surface area contributed by atoms with Gasteiger partial charge in [-0.05, 0) is 6.07 Å². The van der Waals surface area contributed by atoms with Crippen LogP contribution in [0.15, 0.2) is 33.5 Å². The number of fused-ring (bicyclic) bond motifs is 1. The number of non-ortho nitro benzene ring substituents is 1. The molecular formula is C10H7N5O4. The van der Waals surface area contributed by atoms with E-state index in [9.17, 15) is 10.1 Å². The van der Waals surface area contributed by atoms with E-state index in [0.29, 0.717) is 16.9 Å². The summed E-state index contributed by atoms with van der Waals surface area (Å²) in [6.07, 6.45) is 1.21. The Morgan fingerprint density at radius 3 is 3.05 bits per heavy atom. The van der Waals surface area contributed by atoms with Crippen LogP contribution in [-0.4, -0.2) is 20.0 Å². The van der Waals surface area contributed by atoms with Crippen LogP contribution in [-0.2, 0) is 6.54 Å². The summed E-state index contributed by atoms with van der Waals surface area (Å²) in [6.45, 7) is 0.283. The monoisotopic (exact) mass is 261 g/mol. The molecular weight excluding hydrogens is 254 g/mol. The largest absolute Gasteiger partial charge is 0.423 e. The number of hydrogen-bond donors (Lipinski definition) is 1. The van der Waals surface area contributed by atoms with E-state index >= 15 is 0 Å². The summed E-state index contributed by atoms with van der Waals surface area (Å²) in [5.74, 6) is 0.452. The van der Waals surface area contributed by atoms with Gasteiger partial charge in [-0.25, -0.2) is 0 Å². The van der Waals surface area contributed by atoms with Crippen molar-refractivity contribution < 1.29 is 13.9 Å². The Labute approximate surface area is 105 Å². The fraction of sp³-hybridized carbons (Fsp3) is 0.100. The fourth-order valence-corrected chi connectivity index (χ4v) is 1.53. The minimum absolute atomic E-state index is 0.0478. The average Bonchev–Trinajstić information content (AvgIpc) is 3.04. The molecule has 96 valence electrons. The number of aromatic nitrogens is 3. The first-order valence-electron chi connectivity index (χ1n) is 5.26. The van der Waals surface area contributed by atoms with E-state index < -0.39 is 4.92 Å². The smallest absolute Gasteiger partial charge is 0.296 e. The van der Waals surface area contributed by atoms with Crippen LogP contribution in [0.5, 0.6) is 0 Å². The second kappa shape index (κ2) is 4.37. The van der Waals surface area contributed by atoms with E-state index in [1.807, 2.05) is 0 Å². The van der Waals surface area contributed by atoms with Gasteiger partial charge in [-0.2, -0.15) is 9.97 Å². The minimum atomic E-state index is -0.492. The standard InChI is InChI=1S/C10H7N5O4/c16-15(17)6-1-2-7-8(3-6)19-10(13-7)11-4-9-12-5-18-14-9/h1-3,5H,4H2,(H,11,13). The highest BCUT2D eigenvalue weighted by atomic mass is 16.6. The summed E-state index contributed by atoms with van der Waals surface area (Å²) in [6, 6.07) is 4.45. The van der Waals surface area contributed by atoms with Gasteiger partial charge in [-0.15, -0.1) is 0 Å². The third kappa shape index (κ3) is 2.20. The van der Waals surface area contributed by atoms with E-state index in [1.165, 1.54) is 24.6 Å². The Morgan fingerprint density at radius 2 is 2.32 bits per heavy atom. The number of rotatable bonds is 4. The van der Waals surface area contributed by atoms with Crippen molar-refractivity contribution in [1.82, 2.24) is 15.1 Å². The number of nitro groups is 1. The van der Waals surface area contributed by atoms with Gasteiger partial charge in [0.25, 0.3) is 11.7 Å². The highest BCUT2D eigenvalue weighted by Crippen LogP contribution is 2.23. The Kier molecular flexibility index (Phi) is 2.56. The van der Waals surface area contributed by atoms with Crippen LogP contribution in [0, 0.1) is 10.1 Å². The first-order chi connectivity index (χ1) is 9.22. The van der Waals surface area contributed by atoms with Crippen LogP contribution >= 0.6 is 0 Å². The molecule has 0 aliphatic heterocycles. The van der Waals surface area contributed by atoms with Crippen molar-refractivity contribution in [2.45, 2.75) is 6.54 Å². The number of benzene rings is 1. The summed E-state index contributed by atoms with van der Waals surface area (Å²) in [7, 11) is 0. The summed E-state index contributed by atoms with van der Waals surface area (Å²) < 4.78 is 9.92. The highest BCUT2D eigenvalue weighted by molar-refractivity contribution is 5.77. The Bertz CT molecular complexity index is 721. The van der Waals surface area contributed by atoms with Crippen molar-refractivity contribution in [1.29, 1.82) is 0 Å². The number of anilines is 1. The molecule has 0 unspecified atom stereocenters. The quantitative estimate of drug-likeness (QED) is 0.556. The van der Waals surface area contributed by atoms with Gasteiger partial charge >= 0.3 is 0 Å². The topological polar surface area (TPSA) is 120 Å². The number of nitrogens with one attached hydrogen (secondary N) is 1. The third-order valence-electron chi connectivity index (χ3n) is 2.39. The average molecular weight is 261 g/mol. The van der Waals surface area contributed by atoms with Gasteiger partial charge in [-0.3, -0.25) is 10.1 Å². The molecule has 3 aromatic rings. The van der Waals surface area contributed by atoms with Gasteiger partial charge in [0.05, 0.1) is 17.5 Å². The predicted molar refractivity (Wildman–Crippen MR) is 62.3 cm³/mol. The minimum Gasteiger partial charge on any atom is -0.423 e. The van der Waals surface area contributed by atoms with Crippen molar-refractivity contribution in [3.8, 4) is 0 Å². The molecule has 0 bridgehead atoms. The molecule has 0 atom stereocenters. The molecule has 0 saturated heterocycles. The van der Waals surface area contributed by atoms with Crippen LogP contribution in [0.25, 0.3) is 11.1 Å². The van der Waals surface area contributed by atoms with E-state index in [1.54, 1.807) is 0 Å². The molecule has 0 radical (unpaired) electrons. The van der Waals surface area contributed by atoms with E-state index in [2.05, 4.69) is 25.0 Å². The molecule has 2 aromatic heterocycles. The molecule has 0 fully saturated rings. The molecule has 3 rings (SSSR count). The van der Waals surface area contributed by atoms with Gasteiger partial charge in [0.2, 0.25) is 6.39 Å². The van der Waals surface area contributed by atoms with Crippen molar-refractivity contribution in [3.63, 3.8) is 0 Å². The lowest BCUT2D eigenvalue weighted by molar-refractivity contribution is -0.384. The van der Waals surface area contributed by atoms with Gasteiger partial charge in [0.15, 0.2) is 11.4 Å². The molecule has 9 nitrogen and oxygen atoms in total. The number of nitro benzene ring substituents is 1. The lowest BCUT2D eigenvalue weighted by Gasteiger charge is -1.94. The van der Waals surface area contributed by atoms with Crippen LogP contribution in [0.4, 0.5) is 11.7 Å². The summed E-state index contributed by atoms with van der Waals surface area (Å²) >= 11 is 0. The van der Waals surface area contributed by atoms with E-state index in [-0.39, 0.29) is 18.2 Å². The Balaban J connectivity index is 1.83. The number of nitrogens with zero attached hydrogens (tertiary/aromatic N) is 4. The Morgan fingerprint density at radius 1 is 1.42 bits per heavy atom. The van der Waals surface area contributed by atoms with Crippen molar-refractivity contribution >= 4 is 22.8 Å². The van der Waals surface area contributed by atoms with Gasteiger partial charge in [0, 0.05) is 6.07 Å². The summed E-state index contributed by atoms with van der Waals surface area (Å²) in [5.41, 5.74) is 0.819.